The first kappa shape index (κ1) is 11.1. The van der Waals surface area contributed by atoms with Gasteiger partial charge < -0.3 is 4.84 Å². The van der Waals surface area contributed by atoms with Crippen molar-refractivity contribution in [3.8, 4) is 0 Å². The van der Waals surface area contributed by atoms with Crippen LogP contribution in [0.4, 0.5) is 0 Å². The molecule has 0 radical (unpaired) electrons. The molecule has 0 aliphatic heterocycles. The van der Waals surface area contributed by atoms with Crippen molar-refractivity contribution in [1.29, 1.82) is 0 Å². The van der Waals surface area contributed by atoms with E-state index in [4.69, 9.17) is 4.84 Å². The molecule has 0 atom stereocenters. The third-order valence-corrected chi connectivity index (χ3v) is 2.03. The quantitative estimate of drug-likeness (QED) is 0.455. The van der Waals surface area contributed by atoms with Crippen molar-refractivity contribution in [1.82, 2.24) is 15.2 Å². The fourth-order valence-electron chi connectivity index (χ4n) is 1.28. The van der Waals surface area contributed by atoms with E-state index in [9.17, 15) is 4.79 Å². The second-order valence-corrected chi connectivity index (χ2v) is 3.25. The number of hydrogen-bond acceptors (Lipinski definition) is 4. The zero-order valence-electron chi connectivity index (χ0n) is 9.28. The molecule has 5 heteroatoms. The molecule has 0 amide bonds. The van der Waals surface area contributed by atoms with E-state index in [1.165, 1.54) is 6.08 Å². The molecular formula is C12H11N3O2. The number of carbonyl (C=O) groups excluding carboxylic acids is 1. The summed E-state index contributed by atoms with van der Waals surface area (Å²) < 4.78 is 0. The molecule has 0 fully saturated rings. The number of benzene rings is 1. The maximum absolute atomic E-state index is 11.4. The number of rotatable bonds is 3. The van der Waals surface area contributed by atoms with Crippen LogP contribution in [0.3, 0.4) is 0 Å². The molecule has 1 aromatic carbocycles. The Labute approximate surface area is 97.9 Å². The van der Waals surface area contributed by atoms with Gasteiger partial charge in [0, 0.05) is 6.08 Å². The van der Waals surface area contributed by atoms with Gasteiger partial charge in [-0.05, 0) is 24.3 Å². The van der Waals surface area contributed by atoms with E-state index in [1.807, 2.05) is 25.1 Å². The van der Waals surface area contributed by atoms with Crippen LogP contribution in [0.2, 0.25) is 0 Å². The Morgan fingerprint density at radius 1 is 1.35 bits per heavy atom. The Hall–Kier alpha value is -2.43. The summed E-state index contributed by atoms with van der Waals surface area (Å²) in [5, 5.41) is 7.60. The van der Waals surface area contributed by atoms with E-state index in [0.29, 0.717) is 11.0 Å². The van der Waals surface area contributed by atoms with Gasteiger partial charge in [0.15, 0.2) is 0 Å². The van der Waals surface area contributed by atoms with Crippen molar-refractivity contribution < 1.29 is 9.63 Å². The summed E-state index contributed by atoms with van der Waals surface area (Å²) in [6.45, 7) is 1.86. The van der Waals surface area contributed by atoms with Crippen LogP contribution >= 0.6 is 0 Å². The van der Waals surface area contributed by atoms with Gasteiger partial charge in [0.05, 0.1) is 0 Å². The number of fused-ring (bicyclic) bond motifs is 1. The van der Waals surface area contributed by atoms with Crippen LogP contribution in [0.25, 0.3) is 11.0 Å². The molecule has 0 saturated heterocycles. The van der Waals surface area contributed by atoms with Gasteiger partial charge in [-0.2, -0.15) is 0 Å². The lowest BCUT2D eigenvalue weighted by molar-refractivity contribution is -0.139. The Morgan fingerprint density at radius 2 is 2.18 bits per heavy atom. The van der Waals surface area contributed by atoms with E-state index >= 15 is 0 Å². The maximum atomic E-state index is 11.4. The van der Waals surface area contributed by atoms with Crippen molar-refractivity contribution in [2.24, 2.45) is 0 Å². The fourth-order valence-corrected chi connectivity index (χ4v) is 1.28. The third kappa shape index (κ3) is 2.57. The van der Waals surface area contributed by atoms with Crippen molar-refractivity contribution in [3.63, 3.8) is 0 Å². The highest BCUT2D eigenvalue weighted by atomic mass is 16.7. The molecule has 0 unspecified atom stereocenters. The van der Waals surface area contributed by atoms with Gasteiger partial charge in [-0.15, -0.1) is 5.10 Å². The summed E-state index contributed by atoms with van der Waals surface area (Å²) in [6.07, 6.45) is 6.47. The first-order chi connectivity index (χ1) is 8.31. The molecule has 1 aromatic heterocycles. The maximum Gasteiger partial charge on any atom is 0.358 e. The Balaban J connectivity index is 2.16. The van der Waals surface area contributed by atoms with Crippen molar-refractivity contribution >= 4 is 17.0 Å². The SMILES string of the molecule is C/C=C/C=C/C(=O)On1nnc2ccccc21. The van der Waals surface area contributed by atoms with Crippen LogP contribution in [0.5, 0.6) is 0 Å². The lowest BCUT2D eigenvalue weighted by Crippen LogP contribution is -2.18. The topological polar surface area (TPSA) is 57.0 Å². The normalized spacial score (nSPS) is 11.6. The zero-order valence-corrected chi connectivity index (χ0v) is 9.28. The van der Waals surface area contributed by atoms with Crippen molar-refractivity contribution in [2.75, 3.05) is 0 Å². The highest BCUT2D eigenvalue weighted by Gasteiger charge is 2.06. The molecule has 0 aliphatic carbocycles. The van der Waals surface area contributed by atoms with Gasteiger partial charge in [-0.3, -0.25) is 0 Å². The van der Waals surface area contributed by atoms with E-state index in [0.717, 1.165) is 4.85 Å². The molecule has 0 spiro atoms. The number of carbonyl (C=O) groups is 1. The Bertz CT molecular complexity index is 584. The van der Waals surface area contributed by atoms with Crippen LogP contribution in [0.1, 0.15) is 6.92 Å². The number of para-hydroxylation sites is 1. The first-order valence-corrected chi connectivity index (χ1v) is 5.13. The van der Waals surface area contributed by atoms with Crippen LogP contribution in [0.15, 0.2) is 48.6 Å². The summed E-state index contributed by atoms with van der Waals surface area (Å²) >= 11 is 0. The van der Waals surface area contributed by atoms with Gasteiger partial charge in [-0.1, -0.05) is 35.2 Å². The van der Waals surface area contributed by atoms with E-state index in [-0.39, 0.29) is 0 Å². The molecule has 0 bridgehead atoms. The second kappa shape index (κ2) is 5.07. The van der Waals surface area contributed by atoms with Crippen molar-refractivity contribution in [2.45, 2.75) is 6.92 Å². The Kier molecular flexibility index (Phi) is 3.30. The fraction of sp³-hybridized carbons (Fsp3) is 0.0833. The molecule has 5 nitrogen and oxygen atoms in total. The highest BCUT2D eigenvalue weighted by molar-refractivity contribution is 5.83. The summed E-state index contributed by atoms with van der Waals surface area (Å²) in [5.41, 5.74) is 1.33. The lowest BCUT2D eigenvalue weighted by atomic mass is 10.3. The van der Waals surface area contributed by atoms with Gasteiger partial charge in [0.1, 0.15) is 11.0 Å². The minimum Gasteiger partial charge on any atom is -0.312 e. The predicted octanol–water partition coefficient (Wildman–Crippen LogP) is 1.52. The van der Waals surface area contributed by atoms with Crippen LogP contribution in [-0.4, -0.2) is 21.1 Å². The predicted molar refractivity (Wildman–Crippen MR) is 63.1 cm³/mol. The minimum absolute atomic E-state index is 0.501. The second-order valence-electron chi connectivity index (χ2n) is 3.25. The number of hydrogen-bond donors (Lipinski definition) is 0. The molecule has 0 N–H and O–H groups in total. The van der Waals surface area contributed by atoms with Crippen LogP contribution < -0.4 is 4.84 Å². The van der Waals surface area contributed by atoms with Gasteiger partial charge in [0.25, 0.3) is 0 Å². The average molecular weight is 229 g/mol. The number of aromatic nitrogens is 3. The number of allylic oxidation sites excluding steroid dienone is 3. The molecule has 1 heterocycles. The molecule has 17 heavy (non-hydrogen) atoms. The standard InChI is InChI=1S/C12H11N3O2/c1-2-3-4-9-12(16)17-15-11-8-6-5-7-10(11)13-14-15/h2-9H,1H3/b3-2+,9-4+. The lowest BCUT2D eigenvalue weighted by Gasteiger charge is -1.98. The van der Waals surface area contributed by atoms with Crippen molar-refractivity contribution in [3.05, 3.63) is 48.6 Å². The van der Waals surface area contributed by atoms with E-state index < -0.39 is 5.97 Å². The van der Waals surface area contributed by atoms with Gasteiger partial charge >= 0.3 is 5.97 Å². The molecule has 2 aromatic rings. The third-order valence-electron chi connectivity index (χ3n) is 2.03. The summed E-state index contributed by atoms with van der Waals surface area (Å²) in [4.78, 5) is 17.5. The molecule has 2 rings (SSSR count). The van der Waals surface area contributed by atoms with Gasteiger partial charge in [-0.25, -0.2) is 4.79 Å². The highest BCUT2D eigenvalue weighted by Crippen LogP contribution is 2.07. The zero-order chi connectivity index (χ0) is 12.1. The van der Waals surface area contributed by atoms with E-state index in [1.54, 1.807) is 24.3 Å². The monoisotopic (exact) mass is 229 g/mol. The molecule has 0 saturated carbocycles. The number of nitrogens with zero attached hydrogens (tertiary/aromatic N) is 3. The summed E-state index contributed by atoms with van der Waals surface area (Å²) in [6, 6.07) is 7.24. The summed E-state index contributed by atoms with van der Waals surface area (Å²) in [5.74, 6) is -0.501. The molecule has 86 valence electrons. The van der Waals surface area contributed by atoms with Crippen LogP contribution in [-0.2, 0) is 4.79 Å². The Morgan fingerprint density at radius 3 is 3.00 bits per heavy atom. The van der Waals surface area contributed by atoms with Crippen LogP contribution in [0, 0.1) is 0 Å². The average Bonchev–Trinajstić information content (AvgIpc) is 2.73. The molecule has 0 aliphatic rings. The minimum atomic E-state index is -0.501. The smallest absolute Gasteiger partial charge is 0.312 e. The summed E-state index contributed by atoms with van der Waals surface area (Å²) in [7, 11) is 0. The van der Waals surface area contributed by atoms with E-state index in [2.05, 4.69) is 10.3 Å². The molecular weight excluding hydrogens is 218 g/mol. The first-order valence-electron chi connectivity index (χ1n) is 5.13. The van der Waals surface area contributed by atoms with Gasteiger partial charge in [0.2, 0.25) is 0 Å². The largest absolute Gasteiger partial charge is 0.358 e.